The van der Waals surface area contributed by atoms with Crippen molar-refractivity contribution < 1.29 is 9.90 Å². The fourth-order valence-electron chi connectivity index (χ4n) is 1.71. The Labute approximate surface area is 109 Å². The second kappa shape index (κ2) is 5.35. The molecule has 0 fully saturated rings. The van der Waals surface area contributed by atoms with Gasteiger partial charge < -0.3 is 5.11 Å². The van der Waals surface area contributed by atoms with E-state index in [4.69, 9.17) is 5.11 Å². The number of benzene rings is 1. The van der Waals surface area contributed by atoms with Gasteiger partial charge in [0.15, 0.2) is 5.16 Å². The zero-order valence-corrected chi connectivity index (χ0v) is 11.1. The summed E-state index contributed by atoms with van der Waals surface area (Å²) in [7, 11) is 0. The predicted molar refractivity (Wildman–Crippen MR) is 72.0 cm³/mol. The van der Waals surface area contributed by atoms with E-state index < -0.39 is 5.97 Å². The fraction of sp³-hybridized carbons (Fsp3) is 0.308. The summed E-state index contributed by atoms with van der Waals surface area (Å²) in [5.41, 5.74) is 3.01. The molecule has 2 aromatic rings. The van der Waals surface area contributed by atoms with Gasteiger partial charge in [-0.25, -0.2) is 9.97 Å². The maximum Gasteiger partial charge on any atom is 0.313 e. The van der Waals surface area contributed by atoms with E-state index in [1.165, 1.54) is 5.56 Å². The van der Waals surface area contributed by atoms with Crippen molar-refractivity contribution in [1.29, 1.82) is 0 Å². The maximum absolute atomic E-state index is 10.5. The highest BCUT2D eigenvalue weighted by Gasteiger charge is 2.07. The Morgan fingerprint density at radius 2 is 2.17 bits per heavy atom. The van der Waals surface area contributed by atoms with Crippen LogP contribution in [0.4, 0.5) is 0 Å². The number of fused-ring (bicyclic) bond motifs is 1. The van der Waals surface area contributed by atoms with Gasteiger partial charge in [0.25, 0.3) is 0 Å². The van der Waals surface area contributed by atoms with Crippen LogP contribution in [0.15, 0.2) is 23.4 Å². The minimum Gasteiger partial charge on any atom is -0.481 e. The van der Waals surface area contributed by atoms with Crippen molar-refractivity contribution in [3.63, 3.8) is 0 Å². The number of carbonyl (C=O) groups is 1. The Balaban J connectivity index is 2.40. The van der Waals surface area contributed by atoms with Gasteiger partial charge in [-0.3, -0.25) is 4.79 Å². The van der Waals surface area contributed by atoms with Gasteiger partial charge in [-0.2, -0.15) is 0 Å². The molecule has 4 nitrogen and oxygen atoms in total. The first-order valence-corrected chi connectivity index (χ1v) is 6.70. The second-order valence-electron chi connectivity index (χ2n) is 3.98. The monoisotopic (exact) mass is 262 g/mol. The van der Waals surface area contributed by atoms with Crippen LogP contribution < -0.4 is 0 Å². The summed E-state index contributed by atoms with van der Waals surface area (Å²) in [6.45, 7) is 4.03. The van der Waals surface area contributed by atoms with E-state index in [0.717, 1.165) is 34.8 Å². The fourth-order valence-corrected chi connectivity index (χ4v) is 2.33. The molecule has 0 aliphatic rings. The van der Waals surface area contributed by atoms with Gasteiger partial charge >= 0.3 is 5.97 Å². The molecular formula is C13H14N2O2S. The number of thioether (sulfide) groups is 1. The van der Waals surface area contributed by atoms with E-state index in [-0.39, 0.29) is 5.75 Å². The molecular weight excluding hydrogens is 248 g/mol. The van der Waals surface area contributed by atoms with Crippen molar-refractivity contribution in [2.45, 2.75) is 25.4 Å². The standard InChI is InChI=1S/C13H14N2O2S/c1-3-9-4-5-11-10(6-9)8(2)14-13(15-11)18-7-12(16)17/h4-6H,3,7H2,1-2H3,(H,16,17). The molecule has 5 heteroatoms. The van der Waals surface area contributed by atoms with Crippen LogP contribution in [0.2, 0.25) is 0 Å². The molecule has 1 heterocycles. The molecule has 0 saturated heterocycles. The summed E-state index contributed by atoms with van der Waals surface area (Å²) >= 11 is 1.15. The summed E-state index contributed by atoms with van der Waals surface area (Å²) in [6, 6.07) is 6.10. The van der Waals surface area contributed by atoms with Crippen LogP contribution in [0.3, 0.4) is 0 Å². The van der Waals surface area contributed by atoms with Crippen molar-refractivity contribution in [2.24, 2.45) is 0 Å². The lowest BCUT2D eigenvalue weighted by Crippen LogP contribution is -2.00. The summed E-state index contributed by atoms with van der Waals surface area (Å²) < 4.78 is 0. The number of rotatable bonds is 4. The molecule has 94 valence electrons. The average Bonchev–Trinajstić information content (AvgIpc) is 2.36. The van der Waals surface area contributed by atoms with Crippen LogP contribution in [0, 0.1) is 6.92 Å². The molecule has 1 N–H and O–H groups in total. The van der Waals surface area contributed by atoms with Crippen molar-refractivity contribution in [3.8, 4) is 0 Å². The van der Waals surface area contributed by atoms with Crippen LogP contribution in [0.5, 0.6) is 0 Å². The quantitative estimate of drug-likeness (QED) is 0.678. The Kier molecular flexibility index (Phi) is 3.81. The summed E-state index contributed by atoms with van der Waals surface area (Å²) in [6.07, 6.45) is 0.977. The third-order valence-corrected chi connectivity index (χ3v) is 3.50. The molecule has 0 amide bonds. The lowest BCUT2D eigenvalue weighted by atomic mass is 10.1. The molecule has 18 heavy (non-hydrogen) atoms. The molecule has 0 radical (unpaired) electrons. The number of hydrogen-bond acceptors (Lipinski definition) is 4. The SMILES string of the molecule is CCc1ccc2nc(SCC(=O)O)nc(C)c2c1. The molecule has 1 aromatic heterocycles. The number of nitrogens with zero attached hydrogens (tertiary/aromatic N) is 2. The number of hydrogen-bond donors (Lipinski definition) is 1. The maximum atomic E-state index is 10.5. The van der Waals surface area contributed by atoms with Crippen LogP contribution in [-0.4, -0.2) is 26.8 Å². The Morgan fingerprint density at radius 3 is 2.83 bits per heavy atom. The molecule has 0 bridgehead atoms. The molecule has 1 aromatic carbocycles. The summed E-state index contributed by atoms with van der Waals surface area (Å²) in [5, 5.41) is 10.2. The molecule has 0 saturated carbocycles. The van der Waals surface area contributed by atoms with E-state index in [2.05, 4.69) is 23.0 Å². The zero-order valence-electron chi connectivity index (χ0n) is 10.3. The smallest absolute Gasteiger partial charge is 0.313 e. The number of carboxylic acids is 1. The van der Waals surface area contributed by atoms with Gasteiger partial charge in [0.05, 0.1) is 11.3 Å². The summed E-state index contributed by atoms with van der Waals surface area (Å²) in [5.74, 6) is -0.875. The van der Waals surface area contributed by atoms with Gasteiger partial charge in [0, 0.05) is 11.1 Å². The third kappa shape index (κ3) is 2.79. The first kappa shape index (κ1) is 12.8. The number of aliphatic carboxylic acids is 1. The topological polar surface area (TPSA) is 63.1 Å². The van der Waals surface area contributed by atoms with Crippen LogP contribution in [0.25, 0.3) is 10.9 Å². The van der Waals surface area contributed by atoms with Gasteiger partial charge in [-0.15, -0.1) is 0 Å². The van der Waals surface area contributed by atoms with Crippen molar-refractivity contribution >= 4 is 28.6 Å². The zero-order chi connectivity index (χ0) is 13.1. The molecule has 0 aliphatic heterocycles. The van der Waals surface area contributed by atoms with Crippen LogP contribution >= 0.6 is 11.8 Å². The van der Waals surface area contributed by atoms with Gasteiger partial charge in [-0.05, 0) is 31.0 Å². The highest BCUT2D eigenvalue weighted by molar-refractivity contribution is 7.99. The van der Waals surface area contributed by atoms with E-state index in [9.17, 15) is 4.79 Å². The normalized spacial score (nSPS) is 10.8. The first-order chi connectivity index (χ1) is 8.60. The molecule has 0 aliphatic carbocycles. The largest absolute Gasteiger partial charge is 0.481 e. The Morgan fingerprint density at radius 1 is 1.39 bits per heavy atom. The second-order valence-corrected chi connectivity index (χ2v) is 4.92. The van der Waals surface area contributed by atoms with Crippen LogP contribution in [-0.2, 0) is 11.2 Å². The summed E-state index contributed by atoms with van der Waals surface area (Å²) in [4.78, 5) is 19.2. The average molecular weight is 262 g/mol. The first-order valence-electron chi connectivity index (χ1n) is 5.72. The van der Waals surface area contributed by atoms with E-state index in [1.54, 1.807) is 0 Å². The van der Waals surface area contributed by atoms with Crippen molar-refractivity contribution in [1.82, 2.24) is 9.97 Å². The van der Waals surface area contributed by atoms with Gasteiger partial charge in [-0.1, -0.05) is 24.8 Å². The number of carboxylic acid groups (broad SMARTS) is 1. The molecule has 2 rings (SSSR count). The molecule has 0 atom stereocenters. The van der Waals surface area contributed by atoms with Crippen molar-refractivity contribution in [3.05, 3.63) is 29.5 Å². The predicted octanol–water partition coefficient (Wildman–Crippen LogP) is 2.68. The molecule has 0 spiro atoms. The molecule has 0 unspecified atom stereocenters. The lowest BCUT2D eigenvalue weighted by Gasteiger charge is -2.06. The number of aromatic nitrogens is 2. The Hall–Kier alpha value is -1.62. The van der Waals surface area contributed by atoms with E-state index in [0.29, 0.717) is 5.16 Å². The van der Waals surface area contributed by atoms with E-state index in [1.807, 2.05) is 19.1 Å². The highest BCUT2D eigenvalue weighted by atomic mass is 32.2. The highest BCUT2D eigenvalue weighted by Crippen LogP contribution is 2.21. The number of aryl methyl sites for hydroxylation is 2. The van der Waals surface area contributed by atoms with Crippen LogP contribution in [0.1, 0.15) is 18.2 Å². The van der Waals surface area contributed by atoms with Gasteiger partial charge in [0.2, 0.25) is 0 Å². The minimum absolute atomic E-state index is 0.0159. The lowest BCUT2D eigenvalue weighted by molar-refractivity contribution is -0.133. The van der Waals surface area contributed by atoms with Crippen molar-refractivity contribution in [2.75, 3.05) is 5.75 Å². The van der Waals surface area contributed by atoms with Gasteiger partial charge in [0.1, 0.15) is 0 Å². The Bertz CT molecular complexity index is 599. The minimum atomic E-state index is -0.859. The van der Waals surface area contributed by atoms with E-state index >= 15 is 0 Å². The third-order valence-electron chi connectivity index (χ3n) is 2.66.